The first-order valence-corrected chi connectivity index (χ1v) is 7.84. The van der Waals surface area contributed by atoms with E-state index in [0.29, 0.717) is 5.02 Å². The molecule has 0 spiro atoms. The van der Waals surface area contributed by atoms with Crippen molar-refractivity contribution in [3.63, 3.8) is 0 Å². The highest BCUT2D eigenvalue weighted by atomic mass is 35.5. The molecule has 0 atom stereocenters. The maximum Gasteiger partial charge on any atom is 0.227 e. The Labute approximate surface area is 135 Å². The van der Waals surface area contributed by atoms with Crippen molar-refractivity contribution in [3.05, 3.63) is 53.1 Å². The standard InChI is InChI=1S/C18H19ClN2O/c1-11-7-13(12-3-2-4-15(19)8-12)5-6-17(11)21-18(22)14-9-16(20)10-14/h2-8,14,16H,9-10,20H2,1H3,(H,21,22). The van der Waals surface area contributed by atoms with Crippen LogP contribution in [-0.4, -0.2) is 11.9 Å². The summed E-state index contributed by atoms with van der Waals surface area (Å²) in [5, 5.41) is 3.72. The van der Waals surface area contributed by atoms with Crippen molar-refractivity contribution in [2.75, 3.05) is 5.32 Å². The Balaban J connectivity index is 1.76. The Morgan fingerprint density at radius 2 is 1.91 bits per heavy atom. The summed E-state index contributed by atoms with van der Waals surface area (Å²) in [6, 6.07) is 13.9. The number of hydrogen-bond donors (Lipinski definition) is 2. The summed E-state index contributed by atoms with van der Waals surface area (Å²) in [6.45, 7) is 2.00. The van der Waals surface area contributed by atoms with Gasteiger partial charge in [0.1, 0.15) is 0 Å². The monoisotopic (exact) mass is 314 g/mol. The van der Waals surface area contributed by atoms with Gasteiger partial charge in [-0.25, -0.2) is 0 Å². The average molecular weight is 315 g/mol. The van der Waals surface area contributed by atoms with Gasteiger partial charge in [-0.15, -0.1) is 0 Å². The van der Waals surface area contributed by atoms with Gasteiger partial charge in [-0.3, -0.25) is 4.79 Å². The normalized spacial score (nSPS) is 20.3. The number of hydrogen-bond acceptors (Lipinski definition) is 2. The zero-order valence-electron chi connectivity index (χ0n) is 12.5. The smallest absolute Gasteiger partial charge is 0.227 e. The molecular formula is C18H19ClN2O. The number of carbonyl (C=O) groups is 1. The molecule has 0 radical (unpaired) electrons. The Morgan fingerprint density at radius 1 is 1.18 bits per heavy atom. The van der Waals surface area contributed by atoms with Crippen molar-refractivity contribution < 1.29 is 4.79 Å². The number of benzene rings is 2. The van der Waals surface area contributed by atoms with E-state index in [4.69, 9.17) is 17.3 Å². The summed E-state index contributed by atoms with van der Waals surface area (Å²) in [4.78, 5) is 12.1. The fourth-order valence-electron chi connectivity index (χ4n) is 2.76. The number of carbonyl (C=O) groups excluding carboxylic acids is 1. The third-order valence-corrected chi connectivity index (χ3v) is 4.42. The second kappa shape index (κ2) is 6.11. The van der Waals surface area contributed by atoms with Crippen LogP contribution in [0.4, 0.5) is 5.69 Å². The lowest BCUT2D eigenvalue weighted by atomic mass is 9.80. The zero-order chi connectivity index (χ0) is 15.7. The SMILES string of the molecule is Cc1cc(-c2cccc(Cl)c2)ccc1NC(=O)C1CC(N)C1. The maximum atomic E-state index is 12.1. The first kappa shape index (κ1) is 15.1. The number of nitrogens with two attached hydrogens (primary N) is 1. The van der Waals surface area contributed by atoms with Crippen LogP contribution in [0.15, 0.2) is 42.5 Å². The second-order valence-electron chi connectivity index (χ2n) is 5.96. The molecule has 0 unspecified atom stereocenters. The molecule has 1 aliphatic rings. The van der Waals surface area contributed by atoms with E-state index in [9.17, 15) is 4.79 Å². The Kier molecular flexibility index (Phi) is 4.19. The van der Waals surface area contributed by atoms with Gasteiger partial charge in [0.2, 0.25) is 5.91 Å². The lowest BCUT2D eigenvalue weighted by Gasteiger charge is -2.31. The summed E-state index contributed by atoms with van der Waals surface area (Å²) >= 11 is 6.04. The highest BCUT2D eigenvalue weighted by molar-refractivity contribution is 6.30. The summed E-state index contributed by atoms with van der Waals surface area (Å²) in [6.07, 6.45) is 1.57. The van der Waals surface area contributed by atoms with E-state index >= 15 is 0 Å². The molecule has 4 heteroatoms. The molecule has 3 N–H and O–H groups in total. The first-order chi connectivity index (χ1) is 10.5. The molecule has 3 rings (SSSR count). The van der Waals surface area contributed by atoms with E-state index in [0.717, 1.165) is 35.2 Å². The number of halogens is 1. The second-order valence-corrected chi connectivity index (χ2v) is 6.39. The van der Waals surface area contributed by atoms with Crippen LogP contribution >= 0.6 is 11.6 Å². The van der Waals surface area contributed by atoms with E-state index in [1.807, 2.05) is 43.3 Å². The van der Waals surface area contributed by atoms with Crippen LogP contribution in [0.2, 0.25) is 5.02 Å². The molecule has 0 saturated heterocycles. The largest absolute Gasteiger partial charge is 0.328 e. The minimum atomic E-state index is 0.0574. The Hall–Kier alpha value is -1.84. The molecule has 22 heavy (non-hydrogen) atoms. The van der Waals surface area contributed by atoms with Crippen molar-refractivity contribution >= 4 is 23.2 Å². The van der Waals surface area contributed by atoms with Gasteiger partial charge in [0.15, 0.2) is 0 Å². The molecule has 3 nitrogen and oxygen atoms in total. The van der Waals surface area contributed by atoms with Crippen LogP contribution in [0.25, 0.3) is 11.1 Å². The van der Waals surface area contributed by atoms with E-state index in [-0.39, 0.29) is 17.9 Å². The molecule has 1 aliphatic carbocycles. The molecule has 0 bridgehead atoms. The van der Waals surface area contributed by atoms with Crippen molar-refractivity contribution in [3.8, 4) is 11.1 Å². The minimum Gasteiger partial charge on any atom is -0.328 e. The van der Waals surface area contributed by atoms with Crippen LogP contribution in [0.1, 0.15) is 18.4 Å². The van der Waals surface area contributed by atoms with Gasteiger partial charge in [0, 0.05) is 22.7 Å². The molecule has 114 valence electrons. The van der Waals surface area contributed by atoms with Crippen LogP contribution in [0.5, 0.6) is 0 Å². The van der Waals surface area contributed by atoms with Gasteiger partial charge in [-0.1, -0.05) is 29.8 Å². The summed E-state index contributed by atoms with van der Waals surface area (Å²) in [5.74, 6) is 0.127. The summed E-state index contributed by atoms with van der Waals surface area (Å²) in [7, 11) is 0. The Morgan fingerprint density at radius 3 is 2.55 bits per heavy atom. The Bertz CT molecular complexity index is 708. The third kappa shape index (κ3) is 3.16. The lowest BCUT2D eigenvalue weighted by Crippen LogP contribution is -2.42. The van der Waals surface area contributed by atoms with E-state index in [2.05, 4.69) is 11.4 Å². The van der Waals surface area contributed by atoms with E-state index in [1.54, 1.807) is 0 Å². The predicted octanol–water partition coefficient (Wildman–Crippen LogP) is 3.99. The van der Waals surface area contributed by atoms with Crippen molar-refractivity contribution in [1.82, 2.24) is 0 Å². The van der Waals surface area contributed by atoms with Gasteiger partial charge in [0.05, 0.1) is 0 Å². The average Bonchev–Trinajstić information content (AvgIpc) is 2.46. The molecule has 2 aromatic carbocycles. The molecule has 0 heterocycles. The summed E-state index contributed by atoms with van der Waals surface area (Å²) < 4.78 is 0. The van der Waals surface area contributed by atoms with Crippen LogP contribution in [0.3, 0.4) is 0 Å². The van der Waals surface area contributed by atoms with Gasteiger partial charge in [-0.05, 0) is 60.7 Å². The highest BCUT2D eigenvalue weighted by Gasteiger charge is 2.32. The first-order valence-electron chi connectivity index (χ1n) is 7.46. The number of rotatable bonds is 3. The van der Waals surface area contributed by atoms with Crippen molar-refractivity contribution in [2.45, 2.75) is 25.8 Å². The van der Waals surface area contributed by atoms with Crippen LogP contribution in [-0.2, 0) is 4.79 Å². The van der Waals surface area contributed by atoms with Crippen molar-refractivity contribution in [2.24, 2.45) is 11.7 Å². The molecular weight excluding hydrogens is 296 g/mol. The summed E-state index contributed by atoms with van der Waals surface area (Å²) in [5.41, 5.74) is 9.78. The molecule has 1 amide bonds. The quantitative estimate of drug-likeness (QED) is 0.900. The topological polar surface area (TPSA) is 55.1 Å². The number of aryl methyl sites for hydroxylation is 1. The molecule has 1 saturated carbocycles. The number of anilines is 1. The third-order valence-electron chi connectivity index (χ3n) is 4.19. The van der Waals surface area contributed by atoms with Gasteiger partial charge in [-0.2, -0.15) is 0 Å². The fraction of sp³-hybridized carbons (Fsp3) is 0.278. The van der Waals surface area contributed by atoms with Gasteiger partial charge >= 0.3 is 0 Å². The molecule has 0 aliphatic heterocycles. The van der Waals surface area contributed by atoms with Gasteiger partial charge < -0.3 is 11.1 Å². The minimum absolute atomic E-state index is 0.0574. The van der Waals surface area contributed by atoms with Crippen LogP contribution in [0, 0.1) is 12.8 Å². The molecule has 0 aromatic heterocycles. The zero-order valence-corrected chi connectivity index (χ0v) is 13.2. The van der Waals surface area contributed by atoms with Crippen LogP contribution < -0.4 is 11.1 Å². The van der Waals surface area contributed by atoms with E-state index < -0.39 is 0 Å². The number of nitrogens with one attached hydrogen (secondary N) is 1. The van der Waals surface area contributed by atoms with Gasteiger partial charge in [0.25, 0.3) is 0 Å². The number of amides is 1. The lowest BCUT2D eigenvalue weighted by molar-refractivity contribution is -0.122. The maximum absolute atomic E-state index is 12.1. The van der Waals surface area contributed by atoms with Crippen molar-refractivity contribution in [1.29, 1.82) is 0 Å². The fourth-order valence-corrected chi connectivity index (χ4v) is 2.95. The molecule has 1 fully saturated rings. The molecule has 2 aromatic rings. The van der Waals surface area contributed by atoms with E-state index in [1.165, 1.54) is 0 Å². The highest BCUT2D eigenvalue weighted by Crippen LogP contribution is 2.29. The predicted molar refractivity (Wildman–Crippen MR) is 91.0 cm³/mol.